The molecule has 252 valence electrons. The molecule has 0 N–H and O–H groups in total. The van der Waals surface area contributed by atoms with Crippen molar-refractivity contribution in [2.45, 2.75) is 6.54 Å². The van der Waals surface area contributed by atoms with E-state index in [1.54, 1.807) is 0 Å². The zero-order chi connectivity index (χ0) is 35.8. The van der Waals surface area contributed by atoms with E-state index >= 15 is 0 Å². The van der Waals surface area contributed by atoms with Crippen molar-refractivity contribution in [1.82, 2.24) is 28.7 Å². The second-order valence-corrected chi connectivity index (χ2v) is 13.6. The Bertz CT molecular complexity index is 3230. The van der Waals surface area contributed by atoms with Crippen molar-refractivity contribution in [1.29, 1.82) is 5.26 Å². The van der Waals surface area contributed by atoms with Gasteiger partial charge in [0.05, 0.1) is 45.9 Å². The van der Waals surface area contributed by atoms with Crippen LogP contribution in [0.15, 0.2) is 164 Å². The SMILES string of the molecule is N#Cc1ccc2c(c1)c1ccccc1n2Cc1nc(-c2ccccc2-n2c3ccccc3c3ccccc32)nc(-n2c3ccccc3c3ccccc32)n1. The van der Waals surface area contributed by atoms with E-state index in [2.05, 4.69) is 153 Å². The molecule has 0 fully saturated rings. The molecule has 0 atom stereocenters. The molecule has 4 heterocycles. The van der Waals surface area contributed by atoms with Gasteiger partial charge in [-0.25, -0.2) is 4.98 Å². The third kappa shape index (κ3) is 4.44. The fraction of sp³-hybridized carbons (Fsp3) is 0.0213. The van der Waals surface area contributed by atoms with E-state index in [0.717, 1.165) is 65.9 Å². The van der Waals surface area contributed by atoms with Crippen LogP contribution in [0.5, 0.6) is 0 Å². The Hall–Kier alpha value is -7.56. The number of aromatic nitrogens is 6. The highest BCUT2D eigenvalue weighted by Gasteiger charge is 2.21. The van der Waals surface area contributed by atoms with Gasteiger partial charge in [0.2, 0.25) is 5.95 Å². The minimum absolute atomic E-state index is 0.396. The first-order valence-electron chi connectivity index (χ1n) is 18.0. The van der Waals surface area contributed by atoms with Gasteiger partial charge in [-0.05, 0) is 60.7 Å². The highest BCUT2D eigenvalue weighted by molar-refractivity contribution is 6.11. The fourth-order valence-electron chi connectivity index (χ4n) is 8.31. The summed E-state index contributed by atoms with van der Waals surface area (Å²) in [5.74, 6) is 1.76. The van der Waals surface area contributed by atoms with Gasteiger partial charge in [0.15, 0.2) is 11.6 Å². The third-order valence-electron chi connectivity index (χ3n) is 10.6. The highest BCUT2D eigenvalue weighted by atomic mass is 15.2. The van der Waals surface area contributed by atoms with Crippen molar-refractivity contribution in [2.75, 3.05) is 0 Å². The van der Waals surface area contributed by atoms with Crippen molar-refractivity contribution in [3.8, 4) is 29.1 Å². The van der Waals surface area contributed by atoms with Gasteiger partial charge in [-0.2, -0.15) is 15.2 Å². The predicted molar refractivity (Wildman–Crippen MR) is 217 cm³/mol. The van der Waals surface area contributed by atoms with E-state index in [1.807, 2.05) is 30.3 Å². The first-order chi connectivity index (χ1) is 26.7. The maximum Gasteiger partial charge on any atom is 0.238 e. The molecule has 0 saturated heterocycles. The first kappa shape index (κ1) is 30.1. The summed E-state index contributed by atoms with van der Waals surface area (Å²) in [6.45, 7) is 0.396. The second kappa shape index (κ2) is 11.7. The summed E-state index contributed by atoms with van der Waals surface area (Å²) in [5, 5.41) is 16.5. The molecule has 54 heavy (non-hydrogen) atoms. The number of fused-ring (bicyclic) bond motifs is 9. The predicted octanol–water partition coefficient (Wildman–Crippen LogP) is 10.8. The van der Waals surface area contributed by atoms with Crippen molar-refractivity contribution in [3.63, 3.8) is 0 Å². The standard InChI is InChI=1S/C47H29N7/c48-28-30-25-26-39-37(27-30)35-17-1-7-19-38(35)52(39)29-45-49-46(51-47(50-45)54-42-22-10-4-15-33(42)34-16-5-11-23-43(34)54)36-18-6-12-24-44(36)53-40-20-8-2-13-31(40)32-14-3-9-21-41(32)53/h1-27H,29H2. The number of nitrogens with zero attached hydrogens (tertiary/aromatic N) is 7. The van der Waals surface area contributed by atoms with Crippen LogP contribution in [0.4, 0.5) is 0 Å². The number of nitriles is 1. The highest BCUT2D eigenvalue weighted by Crippen LogP contribution is 2.37. The Morgan fingerprint density at radius 1 is 0.444 bits per heavy atom. The van der Waals surface area contributed by atoms with Crippen molar-refractivity contribution in [3.05, 3.63) is 175 Å². The molecule has 0 saturated carbocycles. The van der Waals surface area contributed by atoms with Crippen molar-refractivity contribution in [2.24, 2.45) is 0 Å². The van der Waals surface area contributed by atoms with Crippen molar-refractivity contribution >= 4 is 65.4 Å². The van der Waals surface area contributed by atoms with Crippen molar-refractivity contribution < 1.29 is 0 Å². The lowest BCUT2D eigenvalue weighted by Crippen LogP contribution is -2.12. The maximum atomic E-state index is 9.74. The van der Waals surface area contributed by atoms with Crippen LogP contribution in [-0.2, 0) is 6.54 Å². The third-order valence-corrected chi connectivity index (χ3v) is 10.6. The molecule has 0 amide bonds. The molecule has 0 radical (unpaired) electrons. The summed E-state index contributed by atoms with van der Waals surface area (Å²) < 4.78 is 6.73. The molecule has 0 aliphatic carbocycles. The van der Waals surface area contributed by atoms with Gasteiger partial charge >= 0.3 is 0 Å². The van der Waals surface area contributed by atoms with Gasteiger partial charge in [0.25, 0.3) is 0 Å². The van der Waals surface area contributed by atoms with Crippen LogP contribution < -0.4 is 0 Å². The normalized spacial score (nSPS) is 11.8. The Kier molecular flexibility index (Phi) is 6.54. The van der Waals surface area contributed by atoms with E-state index in [4.69, 9.17) is 15.0 Å². The van der Waals surface area contributed by atoms with Gasteiger partial charge in [-0.1, -0.05) is 103 Å². The Labute approximate surface area is 309 Å². The van der Waals surface area contributed by atoms with Gasteiger partial charge in [0.1, 0.15) is 0 Å². The summed E-state index contributed by atoms with van der Waals surface area (Å²) in [6.07, 6.45) is 0. The Morgan fingerprint density at radius 2 is 0.926 bits per heavy atom. The molecule has 0 unspecified atom stereocenters. The minimum Gasteiger partial charge on any atom is -0.333 e. The second-order valence-electron chi connectivity index (χ2n) is 13.6. The molecule has 0 aliphatic heterocycles. The lowest BCUT2D eigenvalue weighted by Gasteiger charge is -2.15. The van der Waals surface area contributed by atoms with E-state index < -0.39 is 0 Å². The smallest absolute Gasteiger partial charge is 0.238 e. The van der Waals surface area contributed by atoms with Gasteiger partial charge < -0.3 is 9.13 Å². The molecule has 0 bridgehead atoms. The number of rotatable bonds is 5. The number of hydrogen-bond donors (Lipinski definition) is 0. The first-order valence-corrected chi connectivity index (χ1v) is 18.0. The van der Waals surface area contributed by atoms with Crippen LogP contribution in [0, 0.1) is 11.3 Å². The molecule has 7 aromatic carbocycles. The van der Waals surface area contributed by atoms with E-state index in [0.29, 0.717) is 29.7 Å². The number of benzene rings is 7. The molecule has 7 heteroatoms. The molecular weight excluding hydrogens is 663 g/mol. The average Bonchev–Trinajstić information content (AvgIpc) is 3.86. The summed E-state index contributed by atoms with van der Waals surface area (Å²) in [4.78, 5) is 15.9. The van der Waals surface area contributed by atoms with Crippen LogP contribution in [0.1, 0.15) is 11.4 Å². The topological polar surface area (TPSA) is 77.2 Å². The van der Waals surface area contributed by atoms with Crippen LogP contribution >= 0.6 is 0 Å². The Balaban J connectivity index is 1.20. The summed E-state index contributed by atoms with van der Waals surface area (Å²) in [7, 11) is 0. The van der Waals surface area contributed by atoms with Crippen LogP contribution in [-0.4, -0.2) is 28.7 Å². The summed E-state index contributed by atoms with van der Waals surface area (Å²) >= 11 is 0. The molecular formula is C47H29N7. The Morgan fingerprint density at radius 3 is 1.52 bits per heavy atom. The molecule has 4 aromatic heterocycles. The van der Waals surface area contributed by atoms with Gasteiger partial charge in [-0.15, -0.1) is 0 Å². The minimum atomic E-state index is 0.396. The van der Waals surface area contributed by atoms with Gasteiger partial charge in [0, 0.05) is 48.9 Å². The zero-order valence-corrected chi connectivity index (χ0v) is 28.9. The molecule has 0 aliphatic rings. The largest absolute Gasteiger partial charge is 0.333 e. The number of hydrogen-bond acceptors (Lipinski definition) is 4. The van der Waals surface area contributed by atoms with E-state index in [-0.39, 0.29) is 0 Å². The average molecular weight is 692 g/mol. The number of para-hydroxylation sites is 6. The fourth-order valence-corrected chi connectivity index (χ4v) is 8.31. The molecule has 7 nitrogen and oxygen atoms in total. The quantitative estimate of drug-likeness (QED) is 0.180. The maximum absolute atomic E-state index is 9.74. The summed E-state index contributed by atoms with van der Waals surface area (Å²) in [6, 6.07) is 58.8. The zero-order valence-electron chi connectivity index (χ0n) is 28.9. The monoisotopic (exact) mass is 691 g/mol. The lowest BCUT2D eigenvalue weighted by atomic mass is 10.1. The van der Waals surface area contributed by atoms with Crippen LogP contribution in [0.3, 0.4) is 0 Å². The van der Waals surface area contributed by atoms with E-state index in [9.17, 15) is 5.26 Å². The molecule has 11 rings (SSSR count). The van der Waals surface area contributed by atoms with Crippen LogP contribution in [0.25, 0.3) is 88.4 Å². The van der Waals surface area contributed by atoms with E-state index in [1.165, 1.54) is 10.8 Å². The van der Waals surface area contributed by atoms with Gasteiger partial charge in [-0.3, -0.25) is 4.57 Å². The van der Waals surface area contributed by atoms with Crippen LogP contribution in [0.2, 0.25) is 0 Å². The molecule has 0 spiro atoms. The summed E-state index contributed by atoms with van der Waals surface area (Å²) in [5.41, 5.74) is 8.86. The lowest BCUT2D eigenvalue weighted by molar-refractivity contribution is 0.770. The molecule has 11 aromatic rings.